The molecule has 2 aliphatic rings. The number of aryl methyl sites for hydroxylation is 1. The first-order valence-corrected chi connectivity index (χ1v) is 7.53. The summed E-state index contributed by atoms with van der Waals surface area (Å²) in [5.74, 6) is 2.83. The van der Waals surface area contributed by atoms with Crippen molar-refractivity contribution in [3.8, 4) is 0 Å². The van der Waals surface area contributed by atoms with Gasteiger partial charge in [0.25, 0.3) is 0 Å². The van der Waals surface area contributed by atoms with Crippen molar-refractivity contribution >= 4 is 11.6 Å². The standard InChI is InChI=1S/C16H22ClN/c1-10-2-4-13(8-15(10)17)16(18)9-14-7-11-3-5-12(14)6-11/h2,4,8,11-12,14,16H,3,5-7,9,18H2,1H3. The molecular weight excluding hydrogens is 242 g/mol. The Bertz CT molecular complexity index is 443. The fourth-order valence-electron chi connectivity index (χ4n) is 3.97. The van der Waals surface area contributed by atoms with E-state index in [0.29, 0.717) is 0 Å². The lowest BCUT2D eigenvalue weighted by atomic mass is 9.83. The SMILES string of the molecule is Cc1ccc(C(N)CC2CC3CCC2C3)cc1Cl. The highest BCUT2D eigenvalue weighted by Gasteiger charge is 2.39. The van der Waals surface area contributed by atoms with Gasteiger partial charge in [-0.1, -0.05) is 30.2 Å². The maximum Gasteiger partial charge on any atom is 0.0438 e. The molecular formula is C16H22ClN. The summed E-state index contributed by atoms with van der Waals surface area (Å²) in [6.07, 6.45) is 6.92. The maximum atomic E-state index is 6.37. The summed E-state index contributed by atoms with van der Waals surface area (Å²) in [6, 6.07) is 6.43. The monoisotopic (exact) mass is 263 g/mol. The van der Waals surface area contributed by atoms with Crippen LogP contribution in [-0.2, 0) is 0 Å². The van der Waals surface area contributed by atoms with E-state index in [-0.39, 0.29) is 6.04 Å². The second kappa shape index (κ2) is 4.86. The molecule has 2 heteroatoms. The molecule has 1 aromatic carbocycles. The van der Waals surface area contributed by atoms with Crippen LogP contribution in [0.4, 0.5) is 0 Å². The van der Waals surface area contributed by atoms with E-state index < -0.39 is 0 Å². The molecule has 0 radical (unpaired) electrons. The molecule has 2 aliphatic carbocycles. The molecule has 3 rings (SSSR count). The Labute approximate surface area is 115 Å². The number of benzene rings is 1. The lowest BCUT2D eigenvalue weighted by Crippen LogP contribution is -2.19. The van der Waals surface area contributed by atoms with Crippen LogP contribution in [0.3, 0.4) is 0 Å². The van der Waals surface area contributed by atoms with Crippen LogP contribution < -0.4 is 5.73 Å². The summed E-state index contributed by atoms with van der Waals surface area (Å²) in [5, 5.41) is 0.843. The second-order valence-corrected chi connectivity index (χ2v) is 6.69. The fourth-order valence-corrected chi connectivity index (χ4v) is 4.16. The van der Waals surface area contributed by atoms with E-state index in [1.54, 1.807) is 0 Å². The van der Waals surface area contributed by atoms with Gasteiger partial charge in [0.1, 0.15) is 0 Å². The molecule has 2 bridgehead atoms. The Morgan fingerprint density at radius 1 is 1.33 bits per heavy atom. The van der Waals surface area contributed by atoms with Crippen molar-refractivity contribution in [1.82, 2.24) is 0 Å². The molecule has 0 amide bonds. The second-order valence-electron chi connectivity index (χ2n) is 6.29. The largest absolute Gasteiger partial charge is 0.324 e. The topological polar surface area (TPSA) is 26.0 Å². The number of rotatable bonds is 3. The molecule has 2 saturated carbocycles. The summed E-state index contributed by atoms with van der Waals surface area (Å²) in [5.41, 5.74) is 8.70. The minimum atomic E-state index is 0.160. The zero-order valence-electron chi connectivity index (χ0n) is 11.0. The Kier molecular flexibility index (Phi) is 3.38. The number of nitrogens with two attached hydrogens (primary N) is 1. The van der Waals surface area contributed by atoms with Crippen molar-refractivity contribution in [1.29, 1.82) is 0 Å². The third-order valence-corrected chi connectivity index (χ3v) is 5.47. The van der Waals surface area contributed by atoms with E-state index in [0.717, 1.165) is 34.8 Å². The molecule has 98 valence electrons. The van der Waals surface area contributed by atoms with Gasteiger partial charge in [0.15, 0.2) is 0 Å². The molecule has 0 aromatic heterocycles. The van der Waals surface area contributed by atoms with Crippen molar-refractivity contribution in [3.05, 3.63) is 34.3 Å². The molecule has 18 heavy (non-hydrogen) atoms. The quantitative estimate of drug-likeness (QED) is 0.855. The van der Waals surface area contributed by atoms with E-state index in [4.69, 9.17) is 17.3 Å². The van der Waals surface area contributed by atoms with Crippen LogP contribution >= 0.6 is 11.6 Å². The predicted octanol–water partition coefficient (Wildman–Crippen LogP) is 4.47. The van der Waals surface area contributed by atoms with Gasteiger partial charge >= 0.3 is 0 Å². The molecule has 4 unspecified atom stereocenters. The van der Waals surface area contributed by atoms with E-state index in [1.165, 1.54) is 31.2 Å². The Hall–Kier alpha value is -0.530. The zero-order valence-corrected chi connectivity index (χ0v) is 11.8. The van der Waals surface area contributed by atoms with E-state index >= 15 is 0 Å². The van der Waals surface area contributed by atoms with Gasteiger partial charge in [0, 0.05) is 11.1 Å². The molecule has 0 heterocycles. The van der Waals surface area contributed by atoms with Crippen LogP contribution in [0.25, 0.3) is 0 Å². The minimum absolute atomic E-state index is 0.160. The Balaban J connectivity index is 1.67. The normalized spacial score (nSPS) is 31.8. The van der Waals surface area contributed by atoms with Crippen LogP contribution in [0.2, 0.25) is 5.02 Å². The number of hydrogen-bond donors (Lipinski definition) is 1. The maximum absolute atomic E-state index is 6.37. The highest BCUT2D eigenvalue weighted by Crippen LogP contribution is 2.50. The fraction of sp³-hybridized carbons (Fsp3) is 0.625. The molecule has 4 atom stereocenters. The van der Waals surface area contributed by atoms with Gasteiger partial charge in [-0.25, -0.2) is 0 Å². The van der Waals surface area contributed by atoms with Crippen molar-refractivity contribution in [2.24, 2.45) is 23.5 Å². The summed E-state index contributed by atoms with van der Waals surface area (Å²) < 4.78 is 0. The van der Waals surface area contributed by atoms with Crippen LogP contribution in [0.1, 0.15) is 49.3 Å². The van der Waals surface area contributed by atoms with Gasteiger partial charge in [-0.15, -0.1) is 0 Å². The van der Waals surface area contributed by atoms with Crippen LogP contribution in [-0.4, -0.2) is 0 Å². The van der Waals surface area contributed by atoms with Gasteiger partial charge in [0.05, 0.1) is 0 Å². The first kappa shape index (κ1) is 12.5. The van der Waals surface area contributed by atoms with Gasteiger partial charge in [-0.2, -0.15) is 0 Å². The number of halogens is 1. The predicted molar refractivity (Wildman–Crippen MR) is 76.7 cm³/mol. The number of hydrogen-bond acceptors (Lipinski definition) is 1. The summed E-state index contributed by atoms with van der Waals surface area (Å²) in [4.78, 5) is 0. The molecule has 0 saturated heterocycles. The minimum Gasteiger partial charge on any atom is -0.324 e. The van der Waals surface area contributed by atoms with Crippen LogP contribution in [0.5, 0.6) is 0 Å². The van der Waals surface area contributed by atoms with Crippen molar-refractivity contribution < 1.29 is 0 Å². The molecule has 1 nitrogen and oxygen atoms in total. The van der Waals surface area contributed by atoms with Crippen molar-refractivity contribution in [2.75, 3.05) is 0 Å². The van der Waals surface area contributed by atoms with Crippen molar-refractivity contribution in [3.63, 3.8) is 0 Å². The average molecular weight is 264 g/mol. The average Bonchev–Trinajstić information content (AvgIpc) is 2.94. The highest BCUT2D eigenvalue weighted by atomic mass is 35.5. The molecule has 2 fully saturated rings. The molecule has 2 N–H and O–H groups in total. The van der Waals surface area contributed by atoms with E-state index in [9.17, 15) is 0 Å². The Morgan fingerprint density at radius 3 is 2.78 bits per heavy atom. The molecule has 0 aliphatic heterocycles. The smallest absolute Gasteiger partial charge is 0.0438 e. The van der Waals surface area contributed by atoms with Crippen LogP contribution in [0.15, 0.2) is 18.2 Å². The van der Waals surface area contributed by atoms with Gasteiger partial charge < -0.3 is 5.73 Å². The third-order valence-electron chi connectivity index (χ3n) is 5.07. The highest BCUT2D eigenvalue weighted by molar-refractivity contribution is 6.31. The van der Waals surface area contributed by atoms with E-state index in [1.807, 2.05) is 6.92 Å². The van der Waals surface area contributed by atoms with Crippen LogP contribution in [0, 0.1) is 24.7 Å². The van der Waals surface area contributed by atoms with E-state index in [2.05, 4.69) is 18.2 Å². The lowest BCUT2D eigenvalue weighted by molar-refractivity contribution is 0.296. The molecule has 0 spiro atoms. The third kappa shape index (κ3) is 2.31. The molecule has 1 aromatic rings. The summed E-state index contributed by atoms with van der Waals surface area (Å²) >= 11 is 6.18. The number of fused-ring (bicyclic) bond motifs is 2. The van der Waals surface area contributed by atoms with Gasteiger partial charge in [-0.05, 0) is 67.6 Å². The summed E-state index contributed by atoms with van der Waals surface area (Å²) in [7, 11) is 0. The zero-order chi connectivity index (χ0) is 12.7. The Morgan fingerprint density at radius 2 is 2.17 bits per heavy atom. The lowest BCUT2D eigenvalue weighted by Gasteiger charge is -2.25. The van der Waals surface area contributed by atoms with Gasteiger partial charge in [-0.3, -0.25) is 0 Å². The first-order valence-electron chi connectivity index (χ1n) is 7.15. The summed E-state index contributed by atoms with van der Waals surface area (Å²) in [6.45, 7) is 2.04. The first-order chi connectivity index (χ1) is 8.63. The van der Waals surface area contributed by atoms with Gasteiger partial charge in [0.2, 0.25) is 0 Å². The van der Waals surface area contributed by atoms with Crippen molar-refractivity contribution in [2.45, 2.75) is 45.1 Å².